The third kappa shape index (κ3) is 4.01. The Hall–Kier alpha value is -1.20. The molecule has 0 bridgehead atoms. The maximum Gasteiger partial charge on any atom is 0.0739 e. The molecule has 0 spiro atoms. The quantitative estimate of drug-likeness (QED) is 0.862. The Balaban J connectivity index is 1.74. The summed E-state index contributed by atoms with van der Waals surface area (Å²) in [5.74, 6) is 0.0313. The minimum absolute atomic E-state index is 0.0138. The van der Waals surface area contributed by atoms with Gasteiger partial charge < -0.3 is 10.2 Å². The molecule has 23 heavy (non-hydrogen) atoms. The van der Waals surface area contributed by atoms with E-state index in [9.17, 15) is 10.2 Å². The Morgan fingerprint density at radius 2 is 1.70 bits per heavy atom. The molecule has 2 aromatic carbocycles. The van der Waals surface area contributed by atoms with E-state index in [2.05, 4.69) is 33.0 Å². The molecule has 0 aliphatic carbocycles. The highest BCUT2D eigenvalue weighted by Crippen LogP contribution is 2.34. The van der Waals surface area contributed by atoms with Gasteiger partial charge in [0.05, 0.1) is 6.10 Å². The minimum atomic E-state index is -0.467. The highest BCUT2D eigenvalue weighted by atomic mass is 79.9. The van der Waals surface area contributed by atoms with Crippen molar-refractivity contribution in [1.29, 1.82) is 0 Å². The lowest BCUT2D eigenvalue weighted by Crippen LogP contribution is -2.48. The van der Waals surface area contributed by atoms with E-state index in [1.54, 1.807) is 0 Å². The number of hydrogen-bond acceptors (Lipinski definition) is 3. The second kappa shape index (κ2) is 7.58. The number of rotatable bonds is 4. The van der Waals surface area contributed by atoms with Gasteiger partial charge in [0.1, 0.15) is 0 Å². The number of β-amino-alcohol motifs (C(OH)–C–C–N with tert-alkyl or cyclic N) is 1. The number of aliphatic hydroxyl groups is 2. The van der Waals surface area contributed by atoms with E-state index in [-0.39, 0.29) is 18.4 Å². The molecule has 1 fully saturated rings. The fraction of sp³-hybridized carbons (Fsp3) is 0.368. The van der Waals surface area contributed by atoms with E-state index in [0.717, 1.165) is 23.1 Å². The Bertz CT molecular complexity index is 617. The average molecular weight is 376 g/mol. The average Bonchev–Trinajstić information content (AvgIpc) is 2.56. The van der Waals surface area contributed by atoms with Crippen LogP contribution in [-0.2, 0) is 6.54 Å². The lowest BCUT2D eigenvalue weighted by molar-refractivity contribution is -0.00340. The molecule has 1 aliphatic rings. The summed E-state index contributed by atoms with van der Waals surface area (Å²) in [7, 11) is 0. The maximum atomic E-state index is 10.7. The van der Waals surface area contributed by atoms with Crippen molar-refractivity contribution in [1.82, 2.24) is 4.90 Å². The van der Waals surface area contributed by atoms with Crippen LogP contribution in [0.5, 0.6) is 0 Å². The topological polar surface area (TPSA) is 43.7 Å². The molecule has 3 nitrogen and oxygen atoms in total. The summed E-state index contributed by atoms with van der Waals surface area (Å²) in [6.45, 7) is 2.32. The van der Waals surface area contributed by atoms with Crippen molar-refractivity contribution < 1.29 is 10.2 Å². The van der Waals surface area contributed by atoms with Crippen LogP contribution in [0.1, 0.15) is 17.0 Å². The van der Waals surface area contributed by atoms with E-state index in [1.165, 1.54) is 5.56 Å². The summed E-state index contributed by atoms with van der Waals surface area (Å²) in [6.07, 6.45) is -0.467. The highest BCUT2D eigenvalue weighted by Gasteiger charge is 2.36. The van der Waals surface area contributed by atoms with Gasteiger partial charge in [-0.1, -0.05) is 58.4 Å². The standard InChI is InChI=1S/C19H22BrNO2/c20-17-8-6-15(7-9-17)19-16(13-22)11-21(12-18(19)23)10-14-4-2-1-3-5-14/h1-9,16,18-19,22-23H,10-13H2. The monoisotopic (exact) mass is 375 g/mol. The van der Waals surface area contributed by atoms with Crippen molar-refractivity contribution in [2.75, 3.05) is 19.7 Å². The van der Waals surface area contributed by atoms with Crippen molar-refractivity contribution in [3.63, 3.8) is 0 Å². The summed E-state index contributed by atoms with van der Waals surface area (Å²) in [5, 5.41) is 20.5. The smallest absolute Gasteiger partial charge is 0.0739 e. The van der Waals surface area contributed by atoms with Crippen LogP contribution in [0.2, 0.25) is 0 Å². The number of halogens is 1. The summed E-state index contributed by atoms with van der Waals surface area (Å²) < 4.78 is 1.03. The van der Waals surface area contributed by atoms with Gasteiger partial charge in [-0.2, -0.15) is 0 Å². The number of aliphatic hydroxyl groups excluding tert-OH is 2. The Morgan fingerprint density at radius 3 is 2.35 bits per heavy atom. The largest absolute Gasteiger partial charge is 0.396 e. The minimum Gasteiger partial charge on any atom is -0.396 e. The second-order valence-corrected chi connectivity index (χ2v) is 7.18. The molecule has 2 aromatic rings. The maximum absolute atomic E-state index is 10.7. The number of nitrogens with zero attached hydrogens (tertiary/aromatic N) is 1. The summed E-state index contributed by atoms with van der Waals surface area (Å²) in [5.41, 5.74) is 2.33. The van der Waals surface area contributed by atoms with Gasteiger partial charge >= 0.3 is 0 Å². The van der Waals surface area contributed by atoms with Gasteiger partial charge in [-0.3, -0.25) is 4.90 Å². The number of benzene rings is 2. The molecule has 1 heterocycles. The van der Waals surface area contributed by atoms with Crippen molar-refractivity contribution in [2.45, 2.75) is 18.6 Å². The summed E-state index contributed by atoms with van der Waals surface area (Å²) >= 11 is 3.44. The van der Waals surface area contributed by atoms with Crippen LogP contribution >= 0.6 is 15.9 Å². The Labute approximate surface area is 145 Å². The molecule has 2 N–H and O–H groups in total. The normalized spacial score (nSPS) is 25.4. The van der Waals surface area contributed by atoms with Crippen LogP contribution in [-0.4, -0.2) is 40.9 Å². The van der Waals surface area contributed by atoms with Gasteiger partial charge in [-0.25, -0.2) is 0 Å². The third-order valence-corrected chi connectivity index (χ3v) is 5.13. The molecule has 0 amide bonds. The van der Waals surface area contributed by atoms with Crippen LogP contribution < -0.4 is 0 Å². The van der Waals surface area contributed by atoms with Gasteiger partial charge in [0.2, 0.25) is 0 Å². The summed E-state index contributed by atoms with van der Waals surface area (Å²) in [6, 6.07) is 18.3. The number of hydrogen-bond donors (Lipinski definition) is 2. The van der Waals surface area contributed by atoms with E-state index < -0.39 is 6.10 Å². The third-order valence-electron chi connectivity index (χ3n) is 4.60. The van der Waals surface area contributed by atoms with Crippen LogP contribution in [0.4, 0.5) is 0 Å². The zero-order chi connectivity index (χ0) is 16.2. The fourth-order valence-electron chi connectivity index (χ4n) is 3.53. The predicted octanol–water partition coefficient (Wildman–Crippen LogP) is 3.02. The molecule has 122 valence electrons. The predicted molar refractivity (Wildman–Crippen MR) is 95.2 cm³/mol. The molecule has 3 atom stereocenters. The first kappa shape index (κ1) is 16.7. The SMILES string of the molecule is OCC1CN(Cc2ccccc2)CC(O)C1c1ccc(Br)cc1. The van der Waals surface area contributed by atoms with Crippen molar-refractivity contribution in [3.05, 3.63) is 70.2 Å². The Kier molecular flexibility index (Phi) is 5.49. The number of piperidine rings is 1. The lowest BCUT2D eigenvalue weighted by Gasteiger charge is -2.41. The molecular weight excluding hydrogens is 354 g/mol. The van der Waals surface area contributed by atoms with Crippen LogP contribution in [0.15, 0.2) is 59.1 Å². The second-order valence-electron chi connectivity index (χ2n) is 6.27. The zero-order valence-corrected chi connectivity index (χ0v) is 14.6. The van der Waals surface area contributed by atoms with E-state index in [1.807, 2.05) is 42.5 Å². The van der Waals surface area contributed by atoms with Gasteiger partial charge in [0.15, 0.2) is 0 Å². The van der Waals surface area contributed by atoms with Gasteiger partial charge in [-0.15, -0.1) is 0 Å². The van der Waals surface area contributed by atoms with Crippen molar-refractivity contribution >= 4 is 15.9 Å². The molecule has 0 saturated carbocycles. The first-order valence-corrected chi connectivity index (χ1v) is 8.77. The molecule has 0 radical (unpaired) electrons. The molecule has 1 saturated heterocycles. The first-order chi connectivity index (χ1) is 11.2. The Morgan fingerprint density at radius 1 is 1.00 bits per heavy atom. The molecule has 1 aliphatic heterocycles. The van der Waals surface area contributed by atoms with Crippen LogP contribution in [0, 0.1) is 5.92 Å². The van der Waals surface area contributed by atoms with Crippen molar-refractivity contribution in [3.8, 4) is 0 Å². The number of likely N-dealkylation sites (tertiary alicyclic amines) is 1. The zero-order valence-electron chi connectivity index (χ0n) is 13.0. The molecular formula is C19H22BrNO2. The van der Waals surface area contributed by atoms with Gasteiger partial charge in [0, 0.05) is 42.5 Å². The summed E-state index contributed by atoms with van der Waals surface area (Å²) in [4.78, 5) is 2.23. The van der Waals surface area contributed by atoms with Gasteiger partial charge in [0.25, 0.3) is 0 Å². The van der Waals surface area contributed by atoms with E-state index >= 15 is 0 Å². The van der Waals surface area contributed by atoms with E-state index in [4.69, 9.17) is 0 Å². The highest BCUT2D eigenvalue weighted by molar-refractivity contribution is 9.10. The van der Waals surface area contributed by atoms with Crippen LogP contribution in [0.3, 0.4) is 0 Å². The molecule has 0 aromatic heterocycles. The lowest BCUT2D eigenvalue weighted by atomic mass is 9.79. The fourth-order valence-corrected chi connectivity index (χ4v) is 3.80. The first-order valence-electron chi connectivity index (χ1n) is 7.98. The molecule has 3 rings (SSSR count). The van der Waals surface area contributed by atoms with Gasteiger partial charge in [-0.05, 0) is 23.3 Å². The van der Waals surface area contributed by atoms with Crippen LogP contribution in [0.25, 0.3) is 0 Å². The van der Waals surface area contributed by atoms with Crippen molar-refractivity contribution in [2.24, 2.45) is 5.92 Å². The molecule has 4 heteroatoms. The molecule has 3 unspecified atom stereocenters. The van der Waals surface area contributed by atoms with E-state index in [0.29, 0.717) is 6.54 Å².